The second-order valence-corrected chi connectivity index (χ2v) is 17.9. The molecule has 4 nitrogen and oxygen atoms in total. The molecule has 5 heteroatoms. The van der Waals surface area contributed by atoms with Gasteiger partial charge in [0.15, 0.2) is 17.5 Å². The maximum absolute atomic E-state index is 6.28. The van der Waals surface area contributed by atoms with E-state index < -0.39 is 8.07 Å². The first-order valence-electron chi connectivity index (χ1n) is 17.0. The second kappa shape index (κ2) is 10.9. The summed E-state index contributed by atoms with van der Waals surface area (Å²) in [5, 5.41) is 7.39. The first-order valence-corrected chi connectivity index (χ1v) is 20.0. The van der Waals surface area contributed by atoms with Gasteiger partial charge in [0.05, 0.1) is 0 Å². The highest BCUT2D eigenvalue weighted by Gasteiger charge is 2.38. The molecule has 0 amide bonds. The minimum absolute atomic E-state index is 0.626. The number of aromatic nitrogens is 3. The Morgan fingerprint density at radius 2 is 1.04 bits per heavy atom. The van der Waals surface area contributed by atoms with Gasteiger partial charge in [-0.2, -0.15) is 0 Å². The number of rotatable bonds is 4. The molecular formula is C45H31N3OSi. The van der Waals surface area contributed by atoms with E-state index in [9.17, 15) is 0 Å². The molecular weight excluding hydrogens is 627 g/mol. The third-order valence-electron chi connectivity index (χ3n) is 10.4. The van der Waals surface area contributed by atoms with Crippen molar-refractivity contribution in [2.45, 2.75) is 13.1 Å². The van der Waals surface area contributed by atoms with Crippen molar-refractivity contribution < 1.29 is 4.42 Å². The molecule has 0 radical (unpaired) electrons. The average molecular weight is 658 g/mol. The molecule has 1 aliphatic heterocycles. The molecule has 0 unspecified atom stereocenters. The molecule has 9 aromatic rings. The zero-order valence-electron chi connectivity index (χ0n) is 27.7. The lowest BCUT2D eigenvalue weighted by Gasteiger charge is -2.18. The average Bonchev–Trinajstić information content (AvgIpc) is 3.67. The van der Waals surface area contributed by atoms with E-state index >= 15 is 0 Å². The highest BCUT2D eigenvalue weighted by atomic mass is 28.3. The van der Waals surface area contributed by atoms with Crippen LogP contribution in [-0.4, -0.2) is 23.0 Å². The molecule has 3 heterocycles. The standard InChI is InChI=1S/C45H31N3OSi/c1-50(2)39-19-8-6-14-34(39)42-36(16-10-20-40(42)50)45-47-43(30-24-21-29(22-25-30)32-26-23-28-11-3-4-12-31(28)27-32)46-44(48-45)35-15-9-18-38-41(35)33-13-5-7-17-37(33)49-38/h3-27H,1-2H3. The van der Waals surface area contributed by atoms with Crippen LogP contribution in [0.2, 0.25) is 13.1 Å². The van der Waals surface area contributed by atoms with Crippen LogP contribution in [0.25, 0.3) is 89.1 Å². The lowest BCUT2D eigenvalue weighted by atomic mass is 9.98. The minimum atomic E-state index is -1.90. The lowest BCUT2D eigenvalue weighted by molar-refractivity contribution is 0.669. The summed E-state index contributed by atoms with van der Waals surface area (Å²) in [6, 6.07) is 53.5. The van der Waals surface area contributed by atoms with Gasteiger partial charge in [-0.05, 0) is 61.6 Å². The molecule has 0 atom stereocenters. The van der Waals surface area contributed by atoms with Crippen molar-refractivity contribution in [1.82, 2.24) is 15.0 Å². The molecule has 1 aliphatic rings. The van der Waals surface area contributed by atoms with Crippen LogP contribution in [0.3, 0.4) is 0 Å². The minimum Gasteiger partial charge on any atom is -0.456 e. The highest BCUT2D eigenvalue weighted by Crippen LogP contribution is 2.39. The molecule has 50 heavy (non-hydrogen) atoms. The summed E-state index contributed by atoms with van der Waals surface area (Å²) in [7, 11) is -1.90. The highest BCUT2D eigenvalue weighted by molar-refractivity contribution is 7.04. The maximum atomic E-state index is 6.28. The van der Waals surface area contributed by atoms with Gasteiger partial charge in [0.2, 0.25) is 0 Å². The first kappa shape index (κ1) is 28.8. The fraction of sp³-hybridized carbons (Fsp3) is 0.0444. The molecule has 0 N–H and O–H groups in total. The van der Waals surface area contributed by atoms with Crippen molar-refractivity contribution in [2.75, 3.05) is 0 Å². The molecule has 7 aromatic carbocycles. The molecule has 236 valence electrons. The van der Waals surface area contributed by atoms with Crippen molar-refractivity contribution in [2.24, 2.45) is 0 Å². The van der Waals surface area contributed by atoms with Crippen LogP contribution in [0.15, 0.2) is 156 Å². The number of hydrogen-bond donors (Lipinski definition) is 0. The van der Waals surface area contributed by atoms with Crippen molar-refractivity contribution in [1.29, 1.82) is 0 Å². The number of fused-ring (bicyclic) bond motifs is 7. The predicted octanol–water partition coefficient (Wildman–Crippen LogP) is 10.4. The van der Waals surface area contributed by atoms with E-state index in [1.807, 2.05) is 30.3 Å². The van der Waals surface area contributed by atoms with Gasteiger partial charge in [-0.25, -0.2) is 15.0 Å². The van der Waals surface area contributed by atoms with Crippen LogP contribution < -0.4 is 10.4 Å². The number of hydrogen-bond acceptors (Lipinski definition) is 4. The Balaban J connectivity index is 1.18. The summed E-state index contributed by atoms with van der Waals surface area (Å²) >= 11 is 0. The quantitative estimate of drug-likeness (QED) is 0.177. The summed E-state index contributed by atoms with van der Waals surface area (Å²) < 4.78 is 6.28. The predicted molar refractivity (Wildman–Crippen MR) is 209 cm³/mol. The van der Waals surface area contributed by atoms with Gasteiger partial charge < -0.3 is 4.42 Å². The summed E-state index contributed by atoms with van der Waals surface area (Å²) in [6.45, 7) is 4.88. The van der Waals surface area contributed by atoms with E-state index in [0.29, 0.717) is 17.5 Å². The molecule has 0 saturated heterocycles. The third kappa shape index (κ3) is 4.40. The van der Waals surface area contributed by atoms with E-state index in [-0.39, 0.29) is 0 Å². The van der Waals surface area contributed by atoms with Gasteiger partial charge >= 0.3 is 0 Å². The zero-order valence-corrected chi connectivity index (χ0v) is 28.7. The molecule has 0 bridgehead atoms. The van der Waals surface area contributed by atoms with Crippen LogP contribution in [0.5, 0.6) is 0 Å². The maximum Gasteiger partial charge on any atom is 0.164 e. The first-order chi connectivity index (χ1) is 24.5. The molecule has 0 fully saturated rings. The van der Waals surface area contributed by atoms with Crippen LogP contribution in [-0.2, 0) is 0 Å². The Labute approximate surface area is 290 Å². The summed E-state index contributed by atoms with van der Waals surface area (Å²) in [6.07, 6.45) is 0. The van der Waals surface area contributed by atoms with E-state index in [1.54, 1.807) is 0 Å². The van der Waals surface area contributed by atoms with E-state index in [1.165, 1.54) is 37.8 Å². The second-order valence-electron chi connectivity index (χ2n) is 13.6. The molecule has 0 saturated carbocycles. The monoisotopic (exact) mass is 657 g/mol. The number of benzene rings is 7. The van der Waals surface area contributed by atoms with Gasteiger partial charge in [-0.1, -0.05) is 147 Å². The fourth-order valence-corrected chi connectivity index (χ4v) is 10.9. The summed E-state index contributed by atoms with van der Waals surface area (Å²) in [4.78, 5) is 15.7. The van der Waals surface area contributed by atoms with Gasteiger partial charge in [0.1, 0.15) is 19.2 Å². The van der Waals surface area contributed by atoms with Gasteiger partial charge in [-0.15, -0.1) is 0 Å². The molecule has 2 aromatic heterocycles. The molecule has 0 spiro atoms. The van der Waals surface area contributed by atoms with Gasteiger partial charge in [0.25, 0.3) is 0 Å². The van der Waals surface area contributed by atoms with Crippen LogP contribution >= 0.6 is 0 Å². The topological polar surface area (TPSA) is 51.8 Å². The fourth-order valence-electron chi connectivity index (χ4n) is 7.83. The Kier molecular flexibility index (Phi) is 6.29. The normalized spacial score (nSPS) is 13.2. The number of furan rings is 1. The lowest BCUT2D eigenvalue weighted by Crippen LogP contribution is -2.49. The van der Waals surface area contributed by atoms with Crippen molar-refractivity contribution in [3.05, 3.63) is 152 Å². The Morgan fingerprint density at radius 1 is 0.440 bits per heavy atom. The summed E-state index contributed by atoms with van der Waals surface area (Å²) in [5.41, 5.74) is 9.42. The van der Waals surface area contributed by atoms with E-state index in [2.05, 4.69) is 134 Å². The zero-order chi connectivity index (χ0) is 33.4. The Hall–Kier alpha value is -6.17. The van der Waals surface area contributed by atoms with Gasteiger partial charge in [-0.3, -0.25) is 0 Å². The SMILES string of the molecule is C[Si]1(C)c2ccccc2-c2c(-c3nc(-c4ccc(-c5ccc6ccccc6c5)cc4)nc(-c4cccc5oc6ccccc6c45)n3)cccc21. The Morgan fingerprint density at radius 3 is 1.92 bits per heavy atom. The van der Waals surface area contributed by atoms with E-state index in [0.717, 1.165) is 44.2 Å². The van der Waals surface area contributed by atoms with Crippen molar-refractivity contribution in [3.63, 3.8) is 0 Å². The number of para-hydroxylation sites is 1. The van der Waals surface area contributed by atoms with Crippen molar-refractivity contribution >= 4 is 51.2 Å². The van der Waals surface area contributed by atoms with E-state index in [4.69, 9.17) is 19.4 Å². The third-order valence-corrected chi connectivity index (χ3v) is 13.9. The van der Waals surface area contributed by atoms with Crippen LogP contribution in [0, 0.1) is 0 Å². The molecule has 10 rings (SSSR count). The van der Waals surface area contributed by atoms with Crippen LogP contribution in [0.4, 0.5) is 0 Å². The number of nitrogens with zero attached hydrogens (tertiary/aromatic N) is 3. The van der Waals surface area contributed by atoms with Gasteiger partial charge in [0, 0.05) is 27.5 Å². The Bertz CT molecular complexity index is 2800. The summed E-state index contributed by atoms with van der Waals surface area (Å²) in [5.74, 6) is 1.94. The molecule has 0 aliphatic carbocycles. The van der Waals surface area contributed by atoms with Crippen LogP contribution in [0.1, 0.15) is 0 Å². The largest absolute Gasteiger partial charge is 0.456 e. The smallest absolute Gasteiger partial charge is 0.164 e. The van der Waals surface area contributed by atoms with Crippen molar-refractivity contribution in [3.8, 4) is 56.4 Å².